The zero-order valence-corrected chi connectivity index (χ0v) is 16.2. The molecule has 27 heavy (non-hydrogen) atoms. The highest BCUT2D eigenvalue weighted by molar-refractivity contribution is 7.98. The Morgan fingerprint density at radius 1 is 1.26 bits per heavy atom. The number of thioether (sulfide) groups is 1. The molecule has 3 aromatic rings. The summed E-state index contributed by atoms with van der Waals surface area (Å²) in [6.45, 7) is 1.50. The number of para-hydroxylation sites is 1. The maximum atomic E-state index is 12.9. The second kappa shape index (κ2) is 6.83. The van der Waals surface area contributed by atoms with Crippen molar-refractivity contribution in [2.45, 2.75) is 18.2 Å². The normalized spacial score (nSPS) is 15.2. The van der Waals surface area contributed by atoms with Crippen molar-refractivity contribution in [3.8, 4) is 11.3 Å². The topological polar surface area (TPSA) is 69.9 Å². The summed E-state index contributed by atoms with van der Waals surface area (Å²) >= 11 is 7.53. The van der Waals surface area contributed by atoms with E-state index in [1.54, 1.807) is 21.7 Å². The van der Waals surface area contributed by atoms with Crippen molar-refractivity contribution < 1.29 is 9.48 Å². The largest absolute Gasteiger partial charge is 0.325 e. The average molecular weight is 400 g/mol. The maximum absolute atomic E-state index is 12.9. The van der Waals surface area contributed by atoms with Crippen LogP contribution in [0.2, 0.25) is 5.02 Å². The number of amides is 1. The molecule has 1 aliphatic heterocycles. The predicted octanol–water partition coefficient (Wildman–Crippen LogP) is 3.01. The summed E-state index contributed by atoms with van der Waals surface area (Å²) < 4.78 is 1.61. The van der Waals surface area contributed by atoms with Crippen LogP contribution in [0.15, 0.2) is 58.5 Å². The number of aromatic amines is 1. The average Bonchev–Trinajstić information content (AvgIpc) is 2.66. The van der Waals surface area contributed by atoms with E-state index in [-0.39, 0.29) is 11.5 Å². The number of carbonyl (C=O) groups excluding carboxylic acids is 1. The van der Waals surface area contributed by atoms with E-state index in [0.29, 0.717) is 27.1 Å². The van der Waals surface area contributed by atoms with Crippen molar-refractivity contribution in [2.24, 2.45) is 0 Å². The molecule has 1 aromatic heterocycles. The molecule has 0 aliphatic carbocycles. The number of H-pyrrole nitrogens is 1. The van der Waals surface area contributed by atoms with Crippen LogP contribution in [0.5, 0.6) is 0 Å². The van der Waals surface area contributed by atoms with E-state index >= 15 is 0 Å². The molecular formula is C19H16ClN4O2S+. The molecule has 6 nitrogen and oxygen atoms in total. The van der Waals surface area contributed by atoms with E-state index < -0.39 is 6.17 Å². The van der Waals surface area contributed by atoms with Crippen LogP contribution in [0.25, 0.3) is 11.3 Å². The van der Waals surface area contributed by atoms with Crippen molar-refractivity contribution in [2.75, 3.05) is 11.2 Å². The van der Waals surface area contributed by atoms with Crippen LogP contribution in [0.3, 0.4) is 0 Å². The van der Waals surface area contributed by atoms with Crippen LogP contribution in [0.4, 0.5) is 5.69 Å². The lowest BCUT2D eigenvalue weighted by Gasteiger charge is -2.31. The number of hydrogen-bond donors (Lipinski definition) is 1. The van der Waals surface area contributed by atoms with Gasteiger partial charge in [-0.05, 0) is 35.2 Å². The van der Waals surface area contributed by atoms with Crippen LogP contribution in [-0.2, 0) is 4.79 Å². The Hall–Kier alpha value is -2.64. The van der Waals surface area contributed by atoms with Gasteiger partial charge in [-0.1, -0.05) is 47.6 Å². The fourth-order valence-electron chi connectivity index (χ4n) is 3.37. The summed E-state index contributed by atoms with van der Waals surface area (Å²) in [6, 6.07) is 14.6. The highest BCUT2D eigenvalue weighted by Crippen LogP contribution is 2.37. The standard InChI is InChI=1S/C19H15ClN4O2S/c1-11(25)23-15-9-4-3-8-14(15)16-17(26)21-19(27-2)22-24(16)18(23)12-6-5-7-13(20)10-12/h3-10,18H,1-2H3/p+1. The molecule has 1 amide bonds. The Kier molecular flexibility index (Phi) is 4.49. The monoisotopic (exact) mass is 399 g/mol. The van der Waals surface area contributed by atoms with Gasteiger partial charge in [0.25, 0.3) is 6.17 Å². The van der Waals surface area contributed by atoms with E-state index in [9.17, 15) is 9.59 Å². The number of carbonyl (C=O) groups is 1. The lowest BCUT2D eigenvalue weighted by Crippen LogP contribution is -2.60. The number of nitrogens with zero attached hydrogens (tertiary/aromatic N) is 3. The molecule has 136 valence electrons. The minimum atomic E-state index is -0.612. The van der Waals surface area contributed by atoms with Crippen LogP contribution in [0, 0.1) is 0 Å². The summed E-state index contributed by atoms with van der Waals surface area (Å²) in [6.07, 6.45) is 1.22. The Labute approximate surface area is 164 Å². The van der Waals surface area contributed by atoms with Gasteiger partial charge in [-0.3, -0.25) is 14.6 Å². The molecule has 1 atom stereocenters. The molecule has 2 aromatic carbocycles. The first-order chi connectivity index (χ1) is 13.0. The van der Waals surface area contributed by atoms with Crippen LogP contribution in [-0.4, -0.2) is 22.2 Å². The van der Waals surface area contributed by atoms with Crippen molar-refractivity contribution in [1.82, 2.24) is 10.1 Å². The highest BCUT2D eigenvalue weighted by Gasteiger charge is 2.44. The molecule has 8 heteroatoms. The van der Waals surface area contributed by atoms with Gasteiger partial charge < -0.3 is 0 Å². The second-order valence-electron chi connectivity index (χ2n) is 6.09. The molecular weight excluding hydrogens is 384 g/mol. The van der Waals surface area contributed by atoms with Gasteiger partial charge in [0.1, 0.15) is 0 Å². The van der Waals surface area contributed by atoms with E-state index in [4.69, 9.17) is 11.6 Å². The Balaban J connectivity index is 2.10. The van der Waals surface area contributed by atoms with Gasteiger partial charge in [0.15, 0.2) is 0 Å². The summed E-state index contributed by atoms with van der Waals surface area (Å²) in [7, 11) is 0. The number of hydrogen-bond acceptors (Lipinski definition) is 4. The van der Waals surface area contributed by atoms with E-state index in [1.165, 1.54) is 18.7 Å². The number of rotatable bonds is 2. The van der Waals surface area contributed by atoms with Gasteiger partial charge >= 0.3 is 11.3 Å². The number of aromatic nitrogens is 3. The van der Waals surface area contributed by atoms with Crippen molar-refractivity contribution in [1.29, 1.82) is 0 Å². The zero-order valence-electron chi connectivity index (χ0n) is 14.6. The Morgan fingerprint density at radius 2 is 2.04 bits per heavy atom. The van der Waals surface area contributed by atoms with Gasteiger partial charge in [0.2, 0.25) is 11.1 Å². The predicted molar refractivity (Wildman–Crippen MR) is 105 cm³/mol. The van der Waals surface area contributed by atoms with Crippen LogP contribution >= 0.6 is 23.4 Å². The third-order valence-electron chi connectivity index (χ3n) is 4.44. The van der Waals surface area contributed by atoms with E-state index in [2.05, 4.69) is 10.1 Å². The van der Waals surface area contributed by atoms with E-state index in [0.717, 1.165) is 5.56 Å². The lowest BCUT2D eigenvalue weighted by atomic mass is 10.0. The number of benzene rings is 2. The molecule has 0 spiro atoms. The number of anilines is 1. The molecule has 0 radical (unpaired) electrons. The van der Waals surface area contributed by atoms with Gasteiger partial charge in [-0.25, -0.2) is 4.90 Å². The zero-order chi connectivity index (χ0) is 19.1. The van der Waals surface area contributed by atoms with Crippen molar-refractivity contribution >= 4 is 35.0 Å². The van der Waals surface area contributed by atoms with Crippen LogP contribution < -0.4 is 15.1 Å². The van der Waals surface area contributed by atoms with Gasteiger partial charge in [0, 0.05) is 22.6 Å². The Morgan fingerprint density at radius 3 is 2.74 bits per heavy atom. The number of nitrogens with one attached hydrogen (secondary N) is 1. The van der Waals surface area contributed by atoms with Gasteiger partial charge in [-0.15, -0.1) is 0 Å². The molecule has 0 bridgehead atoms. The van der Waals surface area contributed by atoms with Crippen molar-refractivity contribution in [3.63, 3.8) is 0 Å². The second-order valence-corrected chi connectivity index (χ2v) is 7.32. The smallest absolute Gasteiger partial charge is 0.291 e. The number of halogens is 1. The third-order valence-corrected chi connectivity index (χ3v) is 5.24. The quantitative estimate of drug-likeness (QED) is 0.531. The van der Waals surface area contributed by atoms with Gasteiger partial charge in [0.05, 0.1) is 11.3 Å². The first-order valence-corrected chi connectivity index (χ1v) is 9.86. The number of fused-ring (bicyclic) bond motifs is 3. The fourth-order valence-corrected chi connectivity index (χ4v) is 3.94. The highest BCUT2D eigenvalue weighted by atomic mass is 35.5. The first kappa shape index (κ1) is 17.8. The summed E-state index contributed by atoms with van der Waals surface area (Å²) in [5, 5.41) is 5.62. The molecule has 0 fully saturated rings. The fraction of sp³-hybridized carbons (Fsp3) is 0.158. The third kappa shape index (κ3) is 2.93. The lowest BCUT2D eigenvalue weighted by molar-refractivity contribution is -0.763. The summed E-state index contributed by atoms with van der Waals surface area (Å²) in [5.41, 5.74) is 2.25. The Bertz CT molecular complexity index is 1110. The molecule has 2 heterocycles. The van der Waals surface area contributed by atoms with Gasteiger partial charge in [-0.2, -0.15) is 0 Å². The molecule has 1 unspecified atom stereocenters. The summed E-state index contributed by atoms with van der Waals surface area (Å²) in [5.74, 6) is -0.154. The van der Waals surface area contributed by atoms with E-state index in [1.807, 2.05) is 42.7 Å². The molecule has 0 saturated heterocycles. The van der Waals surface area contributed by atoms with Crippen LogP contribution in [0.1, 0.15) is 18.7 Å². The minimum Gasteiger partial charge on any atom is -0.291 e. The summed E-state index contributed by atoms with van der Waals surface area (Å²) in [4.78, 5) is 30.0. The molecule has 1 N–H and O–H groups in total. The first-order valence-electron chi connectivity index (χ1n) is 8.26. The molecule has 1 aliphatic rings. The molecule has 0 saturated carbocycles. The van der Waals surface area contributed by atoms with Crippen molar-refractivity contribution in [3.05, 3.63) is 69.5 Å². The maximum Gasteiger partial charge on any atom is 0.325 e. The minimum absolute atomic E-state index is 0.154. The molecule has 4 rings (SSSR count). The SMILES string of the molecule is CSc1n[n+]2c(c(=O)[nH]1)-c1ccccc1N(C(C)=O)C2c1cccc(Cl)c1.